The van der Waals surface area contributed by atoms with Gasteiger partial charge in [-0.25, -0.2) is 0 Å². The molecule has 0 spiro atoms. The molecule has 0 fully saturated rings. The van der Waals surface area contributed by atoms with Crippen LogP contribution >= 0.6 is 15.9 Å². The van der Waals surface area contributed by atoms with Gasteiger partial charge in [0.25, 0.3) is 0 Å². The zero-order valence-corrected chi connectivity index (χ0v) is 11.6. The lowest BCUT2D eigenvalue weighted by molar-refractivity contribution is 0.412. The van der Waals surface area contributed by atoms with E-state index in [4.69, 9.17) is 14.9 Å². The number of benzene rings is 1. The number of aromatic nitrogens is 2. The maximum Gasteiger partial charge on any atom is 0.247 e. The van der Waals surface area contributed by atoms with Gasteiger partial charge in [-0.1, -0.05) is 0 Å². The Morgan fingerprint density at radius 1 is 1.39 bits per heavy atom. The number of aryl methyl sites for hydroxylation is 1. The Morgan fingerprint density at radius 3 is 2.89 bits per heavy atom. The minimum Gasteiger partial charge on any atom is -0.496 e. The summed E-state index contributed by atoms with van der Waals surface area (Å²) in [6, 6.07) is 5.62. The van der Waals surface area contributed by atoms with Crippen molar-refractivity contribution in [2.75, 3.05) is 13.7 Å². The molecule has 0 aliphatic heterocycles. The Morgan fingerprint density at radius 2 is 2.22 bits per heavy atom. The fourth-order valence-electron chi connectivity index (χ4n) is 1.52. The van der Waals surface area contributed by atoms with Gasteiger partial charge in [-0.15, -0.1) is 10.2 Å². The second-order valence-corrected chi connectivity index (χ2v) is 4.60. The van der Waals surface area contributed by atoms with Crippen LogP contribution in [0.4, 0.5) is 0 Å². The van der Waals surface area contributed by atoms with E-state index < -0.39 is 0 Å². The lowest BCUT2D eigenvalue weighted by Crippen LogP contribution is -2.00. The molecular weight excluding hydrogens is 298 g/mol. The zero-order chi connectivity index (χ0) is 13.0. The number of nitrogens with zero attached hydrogens (tertiary/aromatic N) is 2. The van der Waals surface area contributed by atoms with Crippen LogP contribution in [-0.4, -0.2) is 23.9 Å². The highest BCUT2D eigenvalue weighted by molar-refractivity contribution is 9.10. The summed E-state index contributed by atoms with van der Waals surface area (Å²) in [6.07, 6.45) is 1.55. The van der Waals surface area contributed by atoms with Crippen molar-refractivity contribution in [3.63, 3.8) is 0 Å². The summed E-state index contributed by atoms with van der Waals surface area (Å²) in [7, 11) is 1.62. The SMILES string of the molecule is COc1ccc(-c2nnc(CCCN)o2)cc1Br. The van der Waals surface area contributed by atoms with Crippen LogP contribution in [0.15, 0.2) is 27.1 Å². The van der Waals surface area contributed by atoms with E-state index in [1.807, 2.05) is 18.2 Å². The van der Waals surface area contributed by atoms with E-state index in [1.54, 1.807) is 7.11 Å². The van der Waals surface area contributed by atoms with Crippen molar-refractivity contribution in [3.05, 3.63) is 28.6 Å². The minimum atomic E-state index is 0.505. The Hall–Kier alpha value is -1.40. The summed E-state index contributed by atoms with van der Waals surface area (Å²) in [6.45, 7) is 0.617. The molecule has 1 heterocycles. The molecule has 0 aliphatic rings. The maximum atomic E-state index is 5.56. The molecule has 0 unspecified atom stereocenters. The van der Waals surface area contributed by atoms with E-state index in [0.717, 1.165) is 22.2 Å². The first-order valence-corrected chi connectivity index (χ1v) is 6.40. The number of hydrogen-bond donors (Lipinski definition) is 1. The molecule has 0 amide bonds. The summed E-state index contributed by atoms with van der Waals surface area (Å²) in [5.74, 6) is 1.88. The Labute approximate surface area is 113 Å². The zero-order valence-electron chi connectivity index (χ0n) is 10.0. The molecule has 2 aromatic rings. The third-order valence-corrected chi connectivity index (χ3v) is 3.08. The number of hydrogen-bond acceptors (Lipinski definition) is 5. The molecule has 0 atom stereocenters. The molecule has 0 aliphatic carbocycles. The van der Waals surface area contributed by atoms with Crippen molar-refractivity contribution >= 4 is 15.9 Å². The van der Waals surface area contributed by atoms with Gasteiger partial charge in [-0.3, -0.25) is 0 Å². The molecule has 0 saturated carbocycles. The van der Waals surface area contributed by atoms with Crippen molar-refractivity contribution in [3.8, 4) is 17.2 Å². The predicted molar refractivity (Wildman–Crippen MR) is 71.4 cm³/mol. The topological polar surface area (TPSA) is 74.2 Å². The molecule has 0 radical (unpaired) electrons. The highest BCUT2D eigenvalue weighted by atomic mass is 79.9. The molecule has 1 aromatic heterocycles. The molecular formula is C12H14BrN3O2. The first kappa shape index (κ1) is 13.0. The largest absolute Gasteiger partial charge is 0.496 e. The average Bonchev–Trinajstić information content (AvgIpc) is 2.85. The lowest BCUT2D eigenvalue weighted by Gasteiger charge is -2.03. The van der Waals surface area contributed by atoms with Crippen LogP contribution in [0.5, 0.6) is 5.75 Å². The quantitative estimate of drug-likeness (QED) is 0.917. The van der Waals surface area contributed by atoms with E-state index in [9.17, 15) is 0 Å². The smallest absolute Gasteiger partial charge is 0.247 e. The molecule has 2 N–H and O–H groups in total. The van der Waals surface area contributed by atoms with Crippen LogP contribution in [-0.2, 0) is 6.42 Å². The molecule has 0 saturated heterocycles. The van der Waals surface area contributed by atoms with Crippen LogP contribution in [0.25, 0.3) is 11.5 Å². The van der Waals surface area contributed by atoms with Gasteiger partial charge in [0.15, 0.2) is 0 Å². The van der Waals surface area contributed by atoms with Crippen LogP contribution in [0.3, 0.4) is 0 Å². The monoisotopic (exact) mass is 311 g/mol. The first-order valence-electron chi connectivity index (χ1n) is 5.61. The van der Waals surface area contributed by atoms with Crippen molar-refractivity contribution < 1.29 is 9.15 Å². The van der Waals surface area contributed by atoms with Gasteiger partial charge >= 0.3 is 0 Å². The summed E-state index contributed by atoms with van der Waals surface area (Å²) in [5.41, 5.74) is 6.29. The predicted octanol–water partition coefficient (Wildman–Crippen LogP) is 2.40. The first-order chi connectivity index (χ1) is 8.74. The van der Waals surface area contributed by atoms with Crippen LogP contribution in [0, 0.1) is 0 Å². The number of halogens is 1. The van der Waals surface area contributed by atoms with E-state index in [-0.39, 0.29) is 0 Å². The molecule has 2 rings (SSSR count). The number of ether oxygens (including phenoxy) is 1. The maximum absolute atomic E-state index is 5.56. The highest BCUT2D eigenvalue weighted by Crippen LogP contribution is 2.29. The van der Waals surface area contributed by atoms with Gasteiger partial charge in [-0.2, -0.15) is 0 Å². The van der Waals surface area contributed by atoms with Gasteiger partial charge in [0.05, 0.1) is 11.6 Å². The molecule has 5 nitrogen and oxygen atoms in total. The fraction of sp³-hybridized carbons (Fsp3) is 0.333. The second kappa shape index (κ2) is 5.97. The van der Waals surface area contributed by atoms with Crippen molar-refractivity contribution in [2.45, 2.75) is 12.8 Å². The van der Waals surface area contributed by atoms with E-state index in [1.165, 1.54) is 0 Å². The summed E-state index contributed by atoms with van der Waals surface area (Å²) < 4.78 is 11.6. The average molecular weight is 312 g/mol. The van der Waals surface area contributed by atoms with Gasteiger partial charge in [0, 0.05) is 12.0 Å². The standard InChI is InChI=1S/C12H14BrN3O2/c1-17-10-5-4-8(7-9(10)13)12-16-15-11(18-12)3-2-6-14/h4-5,7H,2-3,6,14H2,1H3. The van der Waals surface area contributed by atoms with Crippen LogP contribution < -0.4 is 10.5 Å². The van der Waals surface area contributed by atoms with E-state index in [2.05, 4.69) is 26.1 Å². The molecule has 6 heteroatoms. The Kier molecular flexibility index (Phi) is 4.33. The second-order valence-electron chi connectivity index (χ2n) is 3.74. The fourth-order valence-corrected chi connectivity index (χ4v) is 2.06. The number of rotatable bonds is 5. The van der Waals surface area contributed by atoms with E-state index >= 15 is 0 Å². The van der Waals surface area contributed by atoms with E-state index in [0.29, 0.717) is 24.7 Å². The Bertz CT molecular complexity index is 528. The third kappa shape index (κ3) is 2.88. The summed E-state index contributed by atoms with van der Waals surface area (Å²) in [4.78, 5) is 0. The molecule has 1 aromatic carbocycles. The number of methoxy groups -OCH3 is 1. The van der Waals surface area contributed by atoms with Crippen LogP contribution in [0.1, 0.15) is 12.3 Å². The van der Waals surface area contributed by atoms with Crippen molar-refractivity contribution in [2.24, 2.45) is 5.73 Å². The van der Waals surface area contributed by atoms with Gasteiger partial charge < -0.3 is 14.9 Å². The Balaban J connectivity index is 2.20. The molecule has 0 bridgehead atoms. The van der Waals surface area contributed by atoms with Crippen LogP contribution in [0.2, 0.25) is 0 Å². The van der Waals surface area contributed by atoms with Crippen molar-refractivity contribution in [1.82, 2.24) is 10.2 Å². The van der Waals surface area contributed by atoms with Gasteiger partial charge in [-0.05, 0) is 47.1 Å². The number of nitrogens with two attached hydrogens (primary N) is 1. The lowest BCUT2D eigenvalue weighted by atomic mass is 10.2. The highest BCUT2D eigenvalue weighted by Gasteiger charge is 2.10. The van der Waals surface area contributed by atoms with Gasteiger partial charge in [0.2, 0.25) is 11.8 Å². The minimum absolute atomic E-state index is 0.505. The van der Waals surface area contributed by atoms with Crippen molar-refractivity contribution in [1.29, 1.82) is 0 Å². The summed E-state index contributed by atoms with van der Waals surface area (Å²) in [5, 5.41) is 8.00. The summed E-state index contributed by atoms with van der Waals surface area (Å²) >= 11 is 3.42. The molecule has 18 heavy (non-hydrogen) atoms. The normalized spacial score (nSPS) is 10.6. The third-order valence-electron chi connectivity index (χ3n) is 2.46. The van der Waals surface area contributed by atoms with Gasteiger partial charge in [0.1, 0.15) is 5.75 Å². The molecule has 96 valence electrons.